The molecule has 0 fully saturated rings. The minimum absolute atomic E-state index is 0.116. The summed E-state index contributed by atoms with van der Waals surface area (Å²) >= 11 is 0. The van der Waals surface area contributed by atoms with Crippen LogP contribution in [-0.4, -0.2) is 11.5 Å². The van der Waals surface area contributed by atoms with Crippen molar-refractivity contribution in [3.05, 3.63) is 46.0 Å². The Balaban J connectivity index is 2.92. The van der Waals surface area contributed by atoms with Crippen LogP contribution in [0.15, 0.2) is 30.3 Å². The Morgan fingerprint density at radius 2 is 2.07 bits per heavy atom. The molecule has 0 saturated carbocycles. The smallest absolute Gasteiger partial charge is 0.211 e. The van der Waals surface area contributed by atoms with Crippen LogP contribution in [0.5, 0.6) is 0 Å². The first-order chi connectivity index (χ1) is 7.15. The minimum atomic E-state index is -0.314. The van der Waals surface area contributed by atoms with Crippen LogP contribution in [0.25, 0.3) is 0 Å². The first kappa shape index (κ1) is 11.3. The minimum Gasteiger partial charge on any atom is -0.265 e. The van der Waals surface area contributed by atoms with Gasteiger partial charge in [-0.15, -0.1) is 12.3 Å². The molecule has 2 unspecified atom stereocenters. The first-order valence-corrected chi connectivity index (χ1v) is 4.78. The Kier molecular flexibility index (Phi) is 3.87. The number of hydrogen-bond acceptors (Lipinski definition) is 2. The van der Waals surface area contributed by atoms with Crippen molar-refractivity contribution in [3.8, 4) is 12.3 Å². The fourth-order valence-electron chi connectivity index (χ4n) is 1.53. The van der Waals surface area contributed by atoms with Gasteiger partial charge in [-0.2, -0.15) is 0 Å². The van der Waals surface area contributed by atoms with Gasteiger partial charge in [-0.05, 0) is 5.56 Å². The van der Waals surface area contributed by atoms with Crippen LogP contribution in [0.3, 0.4) is 0 Å². The van der Waals surface area contributed by atoms with Crippen LogP contribution < -0.4 is 0 Å². The summed E-state index contributed by atoms with van der Waals surface area (Å²) in [6, 6.07) is 9.37. The van der Waals surface area contributed by atoms with Crippen molar-refractivity contribution in [2.24, 2.45) is 5.92 Å². The maximum absolute atomic E-state index is 10.5. The molecule has 78 valence electrons. The third-order valence-electron chi connectivity index (χ3n) is 2.44. The second kappa shape index (κ2) is 5.16. The highest BCUT2D eigenvalue weighted by Crippen LogP contribution is 2.24. The van der Waals surface area contributed by atoms with E-state index >= 15 is 0 Å². The van der Waals surface area contributed by atoms with Crippen LogP contribution in [0.1, 0.15) is 18.4 Å². The van der Waals surface area contributed by atoms with E-state index in [4.69, 9.17) is 6.42 Å². The first-order valence-electron chi connectivity index (χ1n) is 4.78. The van der Waals surface area contributed by atoms with E-state index in [1.165, 1.54) is 0 Å². The van der Waals surface area contributed by atoms with E-state index in [2.05, 4.69) is 5.92 Å². The number of benzene rings is 1. The van der Waals surface area contributed by atoms with Crippen LogP contribution >= 0.6 is 0 Å². The molecule has 0 radical (unpaired) electrons. The van der Waals surface area contributed by atoms with Gasteiger partial charge in [0.2, 0.25) is 6.54 Å². The van der Waals surface area contributed by atoms with Gasteiger partial charge in [0.1, 0.15) is 0 Å². The van der Waals surface area contributed by atoms with Crippen LogP contribution in [0.4, 0.5) is 0 Å². The third kappa shape index (κ3) is 3.10. The van der Waals surface area contributed by atoms with Gasteiger partial charge in [0.15, 0.2) is 0 Å². The van der Waals surface area contributed by atoms with E-state index in [0.717, 1.165) is 5.56 Å². The van der Waals surface area contributed by atoms with Gasteiger partial charge >= 0.3 is 0 Å². The molecule has 1 aromatic rings. The van der Waals surface area contributed by atoms with Crippen molar-refractivity contribution in [3.63, 3.8) is 0 Å². The standard InChI is InChI=1S/C12H13NO2/c1-3-10(2)12(9-13(14)15)11-7-5-4-6-8-11/h1,4-8,10,12H,9H2,2H3. The Bertz CT molecular complexity index is 367. The Morgan fingerprint density at radius 3 is 2.53 bits per heavy atom. The summed E-state index contributed by atoms with van der Waals surface area (Å²) in [5.74, 6) is 2.23. The zero-order valence-electron chi connectivity index (χ0n) is 8.59. The van der Waals surface area contributed by atoms with E-state index in [9.17, 15) is 10.1 Å². The molecule has 15 heavy (non-hydrogen) atoms. The van der Waals surface area contributed by atoms with Gasteiger partial charge in [0.05, 0.1) is 5.92 Å². The number of nitrogens with zero attached hydrogens (tertiary/aromatic N) is 1. The summed E-state index contributed by atoms with van der Waals surface area (Å²) in [5.41, 5.74) is 0.930. The molecule has 0 aliphatic heterocycles. The van der Waals surface area contributed by atoms with Crippen molar-refractivity contribution in [1.82, 2.24) is 0 Å². The van der Waals surface area contributed by atoms with E-state index in [1.807, 2.05) is 37.3 Å². The van der Waals surface area contributed by atoms with Gasteiger partial charge in [-0.25, -0.2) is 0 Å². The van der Waals surface area contributed by atoms with E-state index in [1.54, 1.807) is 0 Å². The average Bonchev–Trinajstić information content (AvgIpc) is 2.26. The summed E-state index contributed by atoms with van der Waals surface area (Å²) in [4.78, 5) is 10.2. The number of rotatable bonds is 4. The predicted octanol–water partition coefficient (Wildman–Crippen LogP) is 2.32. The van der Waals surface area contributed by atoms with Crippen molar-refractivity contribution in [1.29, 1.82) is 0 Å². The van der Waals surface area contributed by atoms with Crippen LogP contribution in [-0.2, 0) is 0 Å². The summed E-state index contributed by atoms with van der Waals surface area (Å²) in [6.45, 7) is 1.72. The highest BCUT2D eigenvalue weighted by molar-refractivity contribution is 5.22. The molecule has 0 N–H and O–H groups in total. The van der Waals surface area contributed by atoms with Crippen molar-refractivity contribution >= 4 is 0 Å². The predicted molar refractivity (Wildman–Crippen MR) is 59.0 cm³/mol. The summed E-state index contributed by atoms with van der Waals surface area (Å²) < 4.78 is 0. The molecule has 1 aromatic carbocycles. The molecule has 0 saturated heterocycles. The molecule has 0 aliphatic rings. The molecular weight excluding hydrogens is 190 g/mol. The maximum atomic E-state index is 10.5. The monoisotopic (exact) mass is 203 g/mol. The highest BCUT2D eigenvalue weighted by atomic mass is 16.6. The second-order valence-corrected chi connectivity index (χ2v) is 3.49. The normalized spacial score (nSPS) is 13.9. The lowest BCUT2D eigenvalue weighted by atomic mass is 9.88. The van der Waals surface area contributed by atoms with Crippen molar-refractivity contribution in [2.45, 2.75) is 12.8 Å². The van der Waals surface area contributed by atoms with E-state index < -0.39 is 0 Å². The van der Waals surface area contributed by atoms with Crippen LogP contribution in [0, 0.1) is 28.4 Å². The van der Waals surface area contributed by atoms with Crippen LogP contribution in [0.2, 0.25) is 0 Å². The Labute approximate surface area is 89.3 Å². The van der Waals surface area contributed by atoms with Gasteiger partial charge in [0.25, 0.3) is 0 Å². The lowest BCUT2D eigenvalue weighted by Crippen LogP contribution is -2.18. The molecule has 0 heterocycles. The molecule has 0 spiro atoms. The number of hydrogen-bond donors (Lipinski definition) is 0. The zero-order chi connectivity index (χ0) is 11.3. The molecule has 0 amide bonds. The summed E-state index contributed by atoms with van der Waals surface area (Å²) in [6.07, 6.45) is 5.31. The van der Waals surface area contributed by atoms with Crippen molar-refractivity contribution in [2.75, 3.05) is 6.54 Å². The fraction of sp³-hybridized carbons (Fsp3) is 0.333. The summed E-state index contributed by atoms with van der Waals surface area (Å²) in [5, 5.41) is 10.5. The van der Waals surface area contributed by atoms with Gasteiger partial charge in [-0.3, -0.25) is 10.1 Å². The third-order valence-corrected chi connectivity index (χ3v) is 2.44. The molecule has 1 rings (SSSR count). The molecular formula is C12H13NO2. The average molecular weight is 203 g/mol. The van der Waals surface area contributed by atoms with E-state index in [0.29, 0.717) is 0 Å². The Morgan fingerprint density at radius 1 is 1.47 bits per heavy atom. The zero-order valence-corrected chi connectivity index (χ0v) is 8.59. The van der Waals surface area contributed by atoms with Gasteiger partial charge < -0.3 is 0 Å². The molecule has 3 heteroatoms. The highest BCUT2D eigenvalue weighted by Gasteiger charge is 2.22. The topological polar surface area (TPSA) is 43.1 Å². The molecule has 0 aliphatic carbocycles. The Hall–Kier alpha value is -1.82. The molecule has 0 bridgehead atoms. The lowest BCUT2D eigenvalue weighted by Gasteiger charge is -2.16. The molecule has 0 aromatic heterocycles. The maximum Gasteiger partial charge on any atom is 0.211 e. The van der Waals surface area contributed by atoms with E-state index in [-0.39, 0.29) is 23.3 Å². The molecule has 3 nitrogen and oxygen atoms in total. The van der Waals surface area contributed by atoms with Gasteiger partial charge in [0, 0.05) is 10.8 Å². The SMILES string of the molecule is C#CC(C)C(C[N+](=O)[O-])c1ccccc1. The fourth-order valence-corrected chi connectivity index (χ4v) is 1.53. The summed E-state index contributed by atoms with van der Waals surface area (Å²) in [7, 11) is 0. The largest absolute Gasteiger partial charge is 0.265 e. The van der Waals surface area contributed by atoms with Crippen molar-refractivity contribution < 1.29 is 4.92 Å². The number of terminal acetylenes is 1. The lowest BCUT2D eigenvalue weighted by molar-refractivity contribution is -0.484. The van der Waals surface area contributed by atoms with Gasteiger partial charge in [-0.1, -0.05) is 37.3 Å². The molecule has 2 atom stereocenters. The number of nitro groups is 1. The quantitative estimate of drug-likeness (QED) is 0.428. The second-order valence-electron chi connectivity index (χ2n) is 3.49.